The number of benzene rings is 1. The number of para-hydroxylation sites is 1. The zero-order valence-electron chi connectivity index (χ0n) is 13.9. The normalized spacial score (nSPS) is 15.6. The Morgan fingerprint density at radius 1 is 1.29 bits per heavy atom. The summed E-state index contributed by atoms with van der Waals surface area (Å²) < 4.78 is 2.08. The number of nitrogens with zero attached hydrogens (tertiary/aromatic N) is 2. The maximum atomic E-state index is 12.2. The Hall–Kier alpha value is -2.54. The van der Waals surface area contributed by atoms with Crippen LogP contribution in [0.25, 0.3) is 17.0 Å². The number of nitrogens with one attached hydrogen (secondary N) is 1. The van der Waals surface area contributed by atoms with Crippen LogP contribution in [0.4, 0.5) is 0 Å². The molecule has 4 heteroatoms. The molecule has 0 unspecified atom stereocenters. The minimum Gasteiger partial charge on any atom is -0.350 e. The average molecular weight is 321 g/mol. The molecule has 24 heavy (non-hydrogen) atoms. The van der Waals surface area contributed by atoms with Crippen LogP contribution in [0, 0.1) is 11.3 Å². The van der Waals surface area contributed by atoms with Gasteiger partial charge in [-0.15, -0.1) is 0 Å². The Kier molecular flexibility index (Phi) is 5.32. The maximum Gasteiger partial charge on any atom is 0.244 e. The lowest BCUT2D eigenvalue weighted by Gasteiger charge is -2.21. The highest BCUT2D eigenvalue weighted by atomic mass is 16.1. The van der Waals surface area contributed by atoms with Crippen LogP contribution in [0.5, 0.6) is 0 Å². The fraction of sp³-hybridized carbons (Fsp3) is 0.400. The van der Waals surface area contributed by atoms with Crippen LogP contribution in [0.15, 0.2) is 36.5 Å². The molecule has 1 amide bonds. The van der Waals surface area contributed by atoms with Gasteiger partial charge in [0.1, 0.15) is 0 Å². The van der Waals surface area contributed by atoms with Crippen molar-refractivity contribution in [2.45, 2.75) is 51.1 Å². The zero-order valence-corrected chi connectivity index (χ0v) is 13.9. The first kappa shape index (κ1) is 16.3. The smallest absolute Gasteiger partial charge is 0.244 e. The van der Waals surface area contributed by atoms with Crippen molar-refractivity contribution in [3.8, 4) is 6.07 Å². The van der Waals surface area contributed by atoms with Gasteiger partial charge in [-0.25, -0.2) is 0 Å². The summed E-state index contributed by atoms with van der Waals surface area (Å²) in [5.74, 6) is -0.0178. The van der Waals surface area contributed by atoms with E-state index in [0.29, 0.717) is 19.0 Å². The molecule has 1 N–H and O–H groups in total. The number of aromatic nitrogens is 1. The number of carbonyl (C=O) groups excluding carboxylic acids is 1. The van der Waals surface area contributed by atoms with Gasteiger partial charge in [0.25, 0.3) is 0 Å². The van der Waals surface area contributed by atoms with Crippen LogP contribution < -0.4 is 5.32 Å². The molecule has 1 aliphatic carbocycles. The Morgan fingerprint density at radius 2 is 2.08 bits per heavy atom. The van der Waals surface area contributed by atoms with Crippen LogP contribution in [-0.4, -0.2) is 16.5 Å². The van der Waals surface area contributed by atoms with Crippen LogP contribution in [-0.2, 0) is 11.3 Å². The lowest BCUT2D eigenvalue weighted by Crippen LogP contribution is -2.34. The van der Waals surface area contributed by atoms with Crippen molar-refractivity contribution in [1.82, 2.24) is 9.88 Å². The van der Waals surface area contributed by atoms with Gasteiger partial charge in [0.15, 0.2) is 0 Å². The predicted molar refractivity (Wildman–Crippen MR) is 96.2 cm³/mol. The molecule has 1 saturated carbocycles. The third-order valence-corrected chi connectivity index (χ3v) is 4.65. The lowest BCUT2D eigenvalue weighted by molar-refractivity contribution is -0.117. The molecule has 1 fully saturated rings. The molecule has 124 valence electrons. The van der Waals surface area contributed by atoms with E-state index in [1.807, 2.05) is 30.5 Å². The molecule has 0 saturated heterocycles. The largest absolute Gasteiger partial charge is 0.350 e. The number of carbonyl (C=O) groups is 1. The number of rotatable bonds is 5. The summed E-state index contributed by atoms with van der Waals surface area (Å²) in [4.78, 5) is 12.2. The van der Waals surface area contributed by atoms with Crippen LogP contribution in [0.1, 0.15) is 44.1 Å². The quantitative estimate of drug-likeness (QED) is 0.846. The van der Waals surface area contributed by atoms with Crippen LogP contribution >= 0.6 is 0 Å². The first-order chi connectivity index (χ1) is 11.8. The predicted octanol–water partition coefficient (Wildman–Crippen LogP) is 4.02. The summed E-state index contributed by atoms with van der Waals surface area (Å²) in [5, 5.41) is 13.0. The standard InChI is InChI=1S/C20H23N3O/c21-13-6-14-23-15-16(18-9-4-5-10-19(18)23)11-12-20(24)22-17-7-2-1-3-8-17/h4-5,9-12,15,17H,1-3,6-8,14H2,(H,22,24)/b12-11+. The molecule has 0 atom stereocenters. The van der Waals surface area contributed by atoms with Crippen molar-refractivity contribution in [1.29, 1.82) is 5.26 Å². The molecule has 2 aromatic rings. The Balaban J connectivity index is 1.74. The molecule has 0 bridgehead atoms. The third kappa shape index (κ3) is 3.86. The molecule has 0 aliphatic heterocycles. The van der Waals surface area contributed by atoms with Crippen LogP contribution in [0.3, 0.4) is 0 Å². The van der Waals surface area contributed by atoms with E-state index >= 15 is 0 Å². The topological polar surface area (TPSA) is 57.8 Å². The zero-order chi connectivity index (χ0) is 16.8. The second kappa shape index (κ2) is 7.83. The van der Waals surface area contributed by atoms with Gasteiger partial charge in [-0.3, -0.25) is 4.79 Å². The van der Waals surface area contributed by atoms with Crippen molar-refractivity contribution in [2.24, 2.45) is 0 Å². The number of nitriles is 1. The van der Waals surface area contributed by atoms with Crippen molar-refractivity contribution >= 4 is 22.9 Å². The number of hydrogen-bond donors (Lipinski definition) is 1. The van der Waals surface area contributed by atoms with E-state index in [2.05, 4.69) is 22.0 Å². The Labute approximate surface area is 142 Å². The SMILES string of the molecule is N#CCCn1cc(/C=C/C(=O)NC2CCCCC2)c2ccccc21. The monoisotopic (exact) mass is 321 g/mol. The van der Waals surface area contributed by atoms with Crippen LogP contribution in [0.2, 0.25) is 0 Å². The molecule has 1 aliphatic rings. The van der Waals surface area contributed by atoms with Gasteiger partial charge in [-0.05, 0) is 25.0 Å². The highest BCUT2D eigenvalue weighted by molar-refractivity contribution is 5.96. The molecular formula is C20H23N3O. The van der Waals surface area contributed by atoms with E-state index in [4.69, 9.17) is 5.26 Å². The van der Waals surface area contributed by atoms with Gasteiger partial charge >= 0.3 is 0 Å². The summed E-state index contributed by atoms with van der Waals surface area (Å²) in [6.45, 7) is 0.666. The lowest BCUT2D eigenvalue weighted by atomic mass is 9.95. The van der Waals surface area contributed by atoms with Gasteiger partial charge in [0.05, 0.1) is 12.5 Å². The summed E-state index contributed by atoms with van der Waals surface area (Å²) >= 11 is 0. The maximum absolute atomic E-state index is 12.2. The van der Waals surface area contributed by atoms with E-state index in [9.17, 15) is 4.79 Å². The van der Waals surface area contributed by atoms with Crippen molar-refractivity contribution in [3.05, 3.63) is 42.1 Å². The molecular weight excluding hydrogens is 298 g/mol. The number of fused-ring (bicyclic) bond motifs is 1. The highest BCUT2D eigenvalue weighted by Crippen LogP contribution is 2.23. The molecule has 0 radical (unpaired) electrons. The van der Waals surface area contributed by atoms with Crippen molar-refractivity contribution < 1.29 is 4.79 Å². The summed E-state index contributed by atoms with van der Waals surface area (Å²) in [6, 6.07) is 10.6. The van der Waals surface area contributed by atoms with Gasteiger partial charge in [0, 0.05) is 41.3 Å². The summed E-state index contributed by atoms with van der Waals surface area (Å²) in [6.07, 6.45) is 11.9. The van der Waals surface area contributed by atoms with Gasteiger partial charge in [-0.1, -0.05) is 37.5 Å². The summed E-state index contributed by atoms with van der Waals surface area (Å²) in [5.41, 5.74) is 2.11. The first-order valence-corrected chi connectivity index (χ1v) is 8.71. The van der Waals surface area contributed by atoms with Crippen molar-refractivity contribution in [3.63, 3.8) is 0 Å². The Bertz CT molecular complexity index is 776. The second-order valence-electron chi connectivity index (χ2n) is 6.38. The fourth-order valence-electron chi connectivity index (χ4n) is 3.43. The van der Waals surface area contributed by atoms with E-state index in [1.165, 1.54) is 19.3 Å². The van der Waals surface area contributed by atoms with Gasteiger partial charge < -0.3 is 9.88 Å². The van der Waals surface area contributed by atoms with E-state index in [-0.39, 0.29) is 5.91 Å². The van der Waals surface area contributed by atoms with Gasteiger partial charge in [-0.2, -0.15) is 5.26 Å². The number of hydrogen-bond acceptors (Lipinski definition) is 2. The fourth-order valence-corrected chi connectivity index (χ4v) is 3.43. The minimum absolute atomic E-state index is 0.0178. The molecule has 0 spiro atoms. The van der Waals surface area contributed by atoms with Gasteiger partial charge in [0.2, 0.25) is 5.91 Å². The molecule has 1 heterocycles. The summed E-state index contributed by atoms with van der Waals surface area (Å²) in [7, 11) is 0. The van der Waals surface area contributed by atoms with Crippen molar-refractivity contribution in [2.75, 3.05) is 0 Å². The van der Waals surface area contributed by atoms with E-state index < -0.39 is 0 Å². The molecule has 1 aromatic carbocycles. The average Bonchev–Trinajstić information content (AvgIpc) is 2.97. The molecule has 4 nitrogen and oxygen atoms in total. The van der Waals surface area contributed by atoms with E-state index in [1.54, 1.807) is 6.08 Å². The second-order valence-corrected chi connectivity index (χ2v) is 6.38. The third-order valence-electron chi connectivity index (χ3n) is 4.65. The number of amides is 1. The number of aryl methyl sites for hydroxylation is 1. The highest BCUT2D eigenvalue weighted by Gasteiger charge is 2.14. The Morgan fingerprint density at radius 3 is 2.88 bits per heavy atom. The first-order valence-electron chi connectivity index (χ1n) is 8.71. The molecule has 3 rings (SSSR count). The molecule has 1 aromatic heterocycles. The van der Waals surface area contributed by atoms with E-state index in [0.717, 1.165) is 29.3 Å². The minimum atomic E-state index is -0.0178.